The zero-order chi connectivity index (χ0) is 26.8. The van der Waals surface area contributed by atoms with E-state index < -0.39 is 12.2 Å². The predicted octanol–water partition coefficient (Wildman–Crippen LogP) is 4.84. The molecule has 0 bridgehead atoms. The Bertz CT molecular complexity index is 854. The molecular weight excluding hydrogens is 474 g/mol. The van der Waals surface area contributed by atoms with Gasteiger partial charge in [0.05, 0.1) is 6.61 Å². The molecule has 0 spiro atoms. The number of rotatable bonds is 6. The van der Waals surface area contributed by atoms with Gasteiger partial charge in [-0.15, -0.1) is 0 Å². The van der Waals surface area contributed by atoms with E-state index in [2.05, 4.69) is 29.8 Å². The number of alkyl carbamates (subject to hydrolysis) is 3. The van der Waals surface area contributed by atoms with Crippen molar-refractivity contribution in [3.63, 3.8) is 0 Å². The molecule has 3 N–H and O–H groups in total. The average molecular weight is 522 g/mol. The number of amides is 3. The highest BCUT2D eigenvalue weighted by Gasteiger charge is 2.61. The normalized spacial score (nSPS) is 39.2. The van der Waals surface area contributed by atoms with Crippen LogP contribution in [0.3, 0.4) is 0 Å². The number of hydrogen-bond donors (Lipinski definition) is 3. The van der Waals surface area contributed by atoms with Crippen molar-refractivity contribution in [2.45, 2.75) is 90.3 Å². The molecule has 0 aromatic heterocycles. The summed E-state index contributed by atoms with van der Waals surface area (Å²) in [5, 5.41) is 7.67. The van der Waals surface area contributed by atoms with Crippen LogP contribution in [0.25, 0.3) is 0 Å². The highest BCUT2D eigenvalue weighted by molar-refractivity contribution is 5.67. The van der Waals surface area contributed by atoms with E-state index in [0.717, 1.165) is 38.5 Å². The monoisotopic (exact) mass is 521 g/mol. The van der Waals surface area contributed by atoms with E-state index in [1.165, 1.54) is 19.3 Å². The van der Waals surface area contributed by atoms with Gasteiger partial charge in [-0.05, 0) is 92.3 Å². The largest absolute Gasteiger partial charge is 0.449 e. The number of carbonyl (C=O) groups excluding carboxylic acids is 3. The van der Waals surface area contributed by atoms with Crippen LogP contribution in [0.1, 0.15) is 78.1 Å². The Balaban J connectivity index is 1.46. The molecule has 0 aromatic carbocycles. The second kappa shape index (κ2) is 11.3. The minimum atomic E-state index is -0.463. The predicted molar refractivity (Wildman–Crippen MR) is 139 cm³/mol. The van der Waals surface area contributed by atoms with Crippen LogP contribution in [0.2, 0.25) is 0 Å². The molecular formula is C28H47N3O6. The standard InChI is InChI=1S/C28H47N3O6/c1-27-13-10-18(36-25(33)30-4)16-17(27)6-7-19-20-8-9-22(28(20,2)14-11-21(19)27)23(37-26(34)31-5)12-15-35-24(32)29-3/h17-23H,6-16H2,1-5H3,(H,29,32)(H,30,33)(H,31,34). The molecule has 9 atom stereocenters. The van der Waals surface area contributed by atoms with Crippen LogP contribution >= 0.6 is 0 Å². The molecule has 4 saturated carbocycles. The fraction of sp³-hybridized carbons (Fsp3) is 0.893. The van der Waals surface area contributed by atoms with Crippen LogP contribution in [0.5, 0.6) is 0 Å². The summed E-state index contributed by atoms with van der Waals surface area (Å²) in [5.41, 5.74) is 0.403. The minimum Gasteiger partial charge on any atom is -0.449 e. The van der Waals surface area contributed by atoms with Gasteiger partial charge in [0.25, 0.3) is 0 Å². The van der Waals surface area contributed by atoms with Crippen LogP contribution < -0.4 is 16.0 Å². The molecule has 210 valence electrons. The first-order valence-corrected chi connectivity index (χ1v) is 14.3. The third-order valence-electron chi connectivity index (χ3n) is 10.9. The second-order valence-corrected chi connectivity index (χ2v) is 12.3. The molecule has 37 heavy (non-hydrogen) atoms. The molecule has 3 amide bonds. The zero-order valence-corrected chi connectivity index (χ0v) is 23.3. The first kappa shape index (κ1) is 27.8. The highest BCUT2D eigenvalue weighted by atomic mass is 16.6. The summed E-state index contributed by atoms with van der Waals surface area (Å²) in [6.07, 6.45) is 9.05. The van der Waals surface area contributed by atoms with E-state index >= 15 is 0 Å². The van der Waals surface area contributed by atoms with E-state index in [1.807, 2.05) is 0 Å². The van der Waals surface area contributed by atoms with Crippen molar-refractivity contribution >= 4 is 18.3 Å². The van der Waals surface area contributed by atoms with Crippen LogP contribution in [-0.4, -0.2) is 58.2 Å². The summed E-state index contributed by atoms with van der Waals surface area (Å²) >= 11 is 0. The molecule has 0 aromatic rings. The van der Waals surface area contributed by atoms with E-state index in [4.69, 9.17) is 14.2 Å². The zero-order valence-electron chi connectivity index (χ0n) is 23.3. The molecule has 0 radical (unpaired) electrons. The smallest absolute Gasteiger partial charge is 0.407 e. The Kier molecular flexibility index (Phi) is 8.48. The topological polar surface area (TPSA) is 115 Å². The second-order valence-electron chi connectivity index (χ2n) is 12.3. The summed E-state index contributed by atoms with van der Waals surface area (Å²) in [6.45, 7) is 5.16. The summed E-state index contributed by atoms with van der Waals surface area (Å²) in [5.74, 6) is 2.85. The summed E-state index contributed by atoms with van der Waals surface area (Å²) < 4.78 is 16.8. The van der Waals surface area contributed by atoms with Crippen LogP contribution in [0.15, 0.2) is 0 Å². The van der Waals surface area contributed by atoms with Crippen molar-refractivity contribution in [3.8, 4) is 0 Å². The number of fused-ring (bicyclic) bond motifs is 5. The fourth-order valence-electron chi connectivity index (χ4n) is 9.07. The van der Waals surface area contributed by atoms with E-state index in [-0.39, 0.29) is 36.2 Å². The number of nitrogens with one attached hydrogen (secondary N) is 3. The molecule has 9 unspecified atom stereocenters. The Hall–Kier alpha value is -2.19. The van der Waals surface area contributed by atoms with Crippen molar-refractivity contribution in [3.05, 3.63) is 0 Å². The Morgan fingerprint density at radius 2 is 1.49 bits per heavy atom. The summed E-state index contributed by atoms with van der Waals surface area (Å²) in [7, 11) is 4.74. The molecule has 4 fully saturated rings. The Labute approximate surface area is 221 Å². The van der Waals surface area contributed by atoms with Gasteiger partial charge in [-0.2, -0.15) is 0 Å². The maximum absolute atomic E-state index is 12.2. The molecule has 0 saturated heterocycles. The molecule has 4 aliphatic carbocycles. The lowest BCUT2D eigenvalue weighted by atomic mass is 9.44. The van der Waals surface area contributed by atoms with Crippen molar-refractivity contribution in [1.29, 1.82) is 0 Å². The molecule has 4 rings (SSSR count). The molecule has 9 nitrogen and oxygen atoms in total. The molecule has 0 heterocycles. The minimum absolute atomic E-state index is 0.0268. The van der Waals surface area contributed by atoms with Crippen LogP contribution in [-0.2, 0) is 14.2 Å². The molecule has 4 aliphatic rings. The lowest BCUT2D eigenvalue weighted by Crippen LogP contribution is -2.55. The SMILES string of the molecule is CNC(=O)OCCC(OC(=O)NC)C1CCC2C3CCC4CC(OC(=O)NC)CCC4(C)C3CCC12C. The lowest BCUT2D eigenvalue weighted by molar-refractivity contribution is -0.134. The first-order chi connectivity index (χ1) is 17.7. The van der Waals surface area contributed by atoms with Crippen molar-refractivity contribution in [1.82, 2.24) is 16.0 Å². The molecule has 0 aliphatic heterocycles. The van der Waals surface area contributed by atoms with Gasteiger partial charge in [-0.1, -0.05) is 13.8 Å². The van der Waals surface area contributed by atoms with Crippen LogP contribution in [0, 0.1) is 40.4 Å². The van der Waals surface area contributed by atoms with Gasteiger partial charge < -0.3 is 30.2 Å². The third kappa shape index (κ3) is 5.37. The quantitative estimate of drug-likeness (QED) is 0.431. The van der Waals surface area contributed by atoms with E-state index in [9.17, 15) is 14.4 Å². The van der Waals surface area contributed by atoms with Gasteiger partial charge in [0.2, 0.25) is 0 Å². The van der Waals surface area contributed by atoms with Crippen molar-refractivity contribution < 1.29 is 28.6 Å². The fourth-order valence-corrected chi connectivity index (χ4v) is 9.07. The summed E-state index contributed by atoms with van der Waals surface area (Å²) in [4.78, 5) is 35.6. The van der Waals surface area contributed by atoms with E-state index in [0.29, 0.717) is 35.5 Å². The molecule has 9 heteroatoms. The Morgan fingerprint density at radius 1 is 0.811 bits per heavy atom. The van der Waals surface area contributed by atoms with Crippen molar-refractivity contribution in [2.75, 3.05) is 27.7 Å². The van der Waals surface area contributed by atoms with Gasteiger partial charge in [0.1, 0.15) is 12.2 Å². The number of carbonyl (C=O) groups is 3. The van der Waals surface area contributed by atoms with E-state index in [1.54, 1.807) is 21.1 Å². The highest BCUT2D eigenvalue weighted by Crippen LogP contribution is 2.68. The van der Waals surface area contributed by atoms with Gasteiger partial charge in [0.15, 0.2) is 0 Å². The Morgan fingerprint density at radius 3 is 2.19 bits per heavy atom. The summed E-state index contributed by atoms with van der Waals surface area (Å²) in [6, 6.07) is 0. The van der Waals surface area contributed by atoms with Crippen LogP contribution in [0.4, 0.5) is 14.4 Å². The maximum atomic E-state index is 12.2. The van der Waals surface area contributed by atoms with Gasteiger partial charge >= 0.3 is 18.3 Å². The average Bonchev–Trinajstić information content (AvgIpc) is 3.25. The van der Waals surface area contributed by atoms with Gasteiger partial charge in [0, 0.05) is 33.5 Å². The van der Waals surface area contributed by atoms with Gasteiger partial charge in [-0.3, -0.25) is 0 Å². The number of hydrogen-bond acceptors (Lipinski definition) is 6. The van der Waals surface area contributed by atoms with Crippen molar-refractivity contribution in [2.24, 2.45) is 40.4 Å². The lowest BCUT2D eigenvalue weighted by Gasteiger charge is -2.61. The first-order valence-electron chi connectivity index (χ1n) is 14.3. The third-order valence-corrected chi connectivity index (χ3v) is 10.9. The number of ether oxygens (including phenoxy) is 3. The maximum Gasteiger partial charge on any atom is 0.407 e. The van der Waals surface area contributed by atoms with Gasteiger partial charge in [-0.25, -0.2) is 14.4 Å².